The average Bonchev–Trinajstić information content (AvgIpc) is 1.82. The molecule has 58 valence electrons. The summed E-state index contributed by atoms with van der Waals surface area (Å²) in [6.45, 7) is 2.30. The molecule has 0 heterocycles. The summed E-state index contributed by atoms with van der Waals surface area (Å²) >= 11 is 0. The Balaban J connectivity index is 3.49. The van der Waals surface area contributed by atoms with Crippen LogP contribution in [0.4, 0.5) is 0 Å². The molecule has 0 bridgehead atoms. The van der Waals surface area contributed by atoms with E-state index in [1.54, 1.807) is 0 Å². The van der Waals surface area contributed by atoms with Crippen LogP contribution >= 0.6 is 0 Å². The van der Waals surface area contributed by atoms with Gasteiger partial charge in [0.15, 0.2) is 5.78 Å². The Hall–Kier alpha value is -0.900. The number of rotatable bonds is 4. The van der Waals surface area contributed by atoms with Crippen molar-refractivity contribution in [2.75, 3.05) is 6.61 Å². The van der Waals surface area contributed by atoms with E-state index in [0.717, 1.165) is 0 Å². The van der Waals surface area contributed by atoms with Crippen LogP contribution in [0, 0.1) is 0 Å². The van der Waals surface area contributed by atoms with Crippen LogP contribution in [0.1, 0.15) is 13.8 Å². The molecule has 4 heteroatoms. The van der Waals surface area contributed by atoms with Crippen LogP contribution in [0.15, 0.2) is 0 Å². The molecule has 0 fully saturated rings. The lowest BCUT2D eigenvalue weighted by molar-refractivity contribution is -0.310. The minimum Gasteiger partial charge on any atom is -0.548 e. The lowest BCUT2D eigenvalue weighted by Crippen LogP contribution is -2.31. The van der Waals surface area contributed by atoms with Crippen LogP contribution in [-0.2, 0) is 14.3 Å². The van der Waals surface area contributed by atoms with Gasteiger partial charge in [-0.3, -0.25) is 4.79 Å². The molecule has 1 atom stereocenters. The van der Waals surface area contributed by atoms with Gasteiger partial charge in [0.25, 0.3) is 0 Å². The first-order valence-corrected chi connectivity index (χ1v) is 2.86. The summed E-state index contributed by atoms with van der Waals surface area (Å²) in [5.74, 6) is -1.51. The van der Waals surface area contributed by atoms with Gasteiger partial charge in [-0.15, -0.1) is 0 Å². The first-order valence-electron chi connectivity index (χ1n) is 2.86. The molecule has 0 aliphatic heterocycles. The number of carbonyl (C=O) groups excluding carboxylic acids is 2. The zero-order valence-electron chi connectivity index (χ0n) is 5.92. The number of ether oxygens (including phenoxy) is 1. The first kappa shape index (κ1) is 9.10. The summed E-state index contributed by atoms with van der Waals surface area (Å²) in [5, 5.41) is 9.78. The van der Waals surface area contributed by atoms with Crippen molar-refractivity contribution in [3.63, 3.8) is 0 Å². The van der Waals surface area contributed by atoms with E-state index in [4.69, 9.17) is 0 Å². The highest BCUT2D eigenvalue weighted by Gasteiger charge is 2.05. The fourth-order valence-electron chi connectivity index (χ4n) is 0.310. The van der Waals surface area contributed by atoms with Crippen molar-refractivity contribution in [3.8, 4) is 0 Å². The Morgan fingerprint density at radius 1 is 1.60 bits per heavy atom. The molecule has 0 amide bonds. The van der Waals surface area contributed by atoms with Gasteiger partial charge >= 0.3 is 0 Å². The maximum Gasteiger partial charge on any atom is 0.158 e. The van der Waals surface area contributed by atoms with Crippen LogP contribution in [0.3, 0.4) is 0 Å². The number of carboxylic acids is 1. The molecule has 0 aromatic rings. The molecular formula is C6H9O4-. The second-order valence-corrected chi connectivity index (χ2v) is 1.94. The summed E-state index contributed by atoms with van der Waals surface area (Å²) in [6, 6.07) is 0. The molecule has 0 rings (SSSR count). The number of carbonyl (C=O) groups is 2. The van der Waals surface area contributed by atoms with Crippen LogP contribution < -0.4 is 5.11 Å². The van der Waals surface area contributed by atoms with Gasteiger partial charge in [-0.1, -0.05) is 0 Å². The molecular weight excluding hydrogens is 136 g/mol. The number of carboxylic acid groups (broad SMARTS) is 1. The van der Waals surface area contributed by atoms with E-state index in [2.05, 4.69) is 4.74 Å². The van der Waals surface area contributed by atoms with Crippen molar-refractivity contribution in [1.82, 2.24) is 0 Å². The van der Waals surface area contributed by atoms with Gasteiger partial charge in [-0.2, -0.15) is 0 Å². The van der Waals surface area contributed by atoms with Crippen LogP contribution in [0.2, 0.25) is 0 Å². The second-order valence-electron chi connectivity index (χ2n) is 1.94. The Bertz CT molecular complexity index is 141. The van der Waals surface area contributed by atoms with Crippen LogP contribution in [-0.4, -0.2) is 24.5 Å². The summed E-state index contributed by atoms with van der Waals surface area (Å²) in [6.07, 6.45) is -0.655. The summed E-state index contributed by atoms with van der Waals surface area (Å²) in [5.41, 5.74) is 0. The zero-order valence-corrected chi connectivity index (χ0v) is 5.92. The van der Waals surface area contributed by atoms with E-state index in [9.17, 15) is 14.7 Å². The highest BCUT2D eigenvalue weighted by atomic mass is 16.5. The van der Waals surface area contributed by atoms with E-state index in [0.29, 0.717) is 0 Å². The number of aliphatic carboxylic acids is 1. The SMILES string of the molecule is CC(=O)C(C)OCC(=O)[O-]. The van der Waals surface area contributed by atoms with E-state index < -0.39 is 18.7 Å². The van der Waals surface area contributed by atoms with Crippen molar-refractivity contribution in [2.24, 2.45) is 0 Å². The minimum atomic E-state index is -1.31. The largest absolute Gasteiger partial charge is 0.548 e. The Labute approximate surface area is 58.8 Å². The molecule has 10 heavy (non-hydrogen) atoms. The van der Waals surface area contributed by atoms with Gasteiger partial charge in [0.1, 0.15) is 6.10 Å². The smallest absolute Gasteiger partial charge is 0.158 e. The summed E-state index contributed by atoms with van der Waals surface area (Å²) < 4.78 is 4.55. The van der Waals surface area contributed by atoms with E-state index >= 15 is 0 Å². The lowest BCUT2D eigenvalue weighted by Gasteiger charge is -2.08. The molecule has 0 aliphatic rings. The predicted molar refractivity (Wildman–Crippen MR) is 31.1 cm³/mol. The molecule has 0 aliphatic carbocycles. The molecule has 0 N–H and O–H groups in total. The number of ketones is 1. The van der Waals surface area contributed by atoms with Gasteiger partial charge in [-0.05, 0) is 13.8 Å². The van der Waals surface area contributed by atoms with Crippen molar-refractivity contribution >= 4 is 11.8 Å². The lowest BCUT2D eigenvalue weighted by atomic mass is 10.3. The standard InChI is InChI=1S/C6H10O4/c1-4(7)5(2)10-3-6(8)9/h5H,3H2,1-2H3,(H,8,9)/p-1. The third-order valence-corrected chi connectivity index (χ3v) is 1.02. The maximum atomic E-state index is 10.4. The van der Waals surface area contributed by atoms with Crippen molar-refractivity contribution < 1.29 is 19.4 Å². The normalized spacial score (nSPS) is 12.6. The molecule has 4 nitrogen and oxygen atoms in total. The van der Waals surface area contributed by atoms with Crippen molar-refractivity contribution in [3.05, 3.63) is 0 Å². The quantitative estimate of drug-likeness (QED) is 0.494. The van der Waals surface area contributed by atoms with Gasteiger partial charge in [0.05, 0.1) is 12.6 Å². The molecule has 0 saturated carbocycles. The van der Waals surface area contributed by atoms with Gasteiger partial charge in [-0.25, -0.2) is 0 Å². The Morgan fingerprint density at radius 3 is 2.40 bits per heavy atom. The zero-order chi connectivity index (χ0) is 8.15. The predicted octanol–water partition coefficient (Wildman–Crippen LogP) is -1.27. The molecule has 0 radical (unpaired) electrons. The third-order valence-electron chi connectivity index (χ3n) is 1.02. The summed E-state index contributed by atoms with van der Waals surface area (Å²) in [4.78, 5) is 20.2. The highest BCUT2D eigenvalue weighted by Crippen LogP contribution is 1.89. The van der Waals surface area contributed by atoms with Gasteiger partial charge in [0.2, 0.25) is 0 Å². The Kier molecular flexibility index (Phi) is 3.64. The minimum absolute atomic E-state index is 0.193. The Morgan fingerprint density at radius 2 is 2.10 bits per heavy atom. The van der Waals surface area contributed by atoms with Crippen molar-refractivity contribution in [2.45, 2.75) is 20.0 Å². The molecule has 1 unspecified atom stereocenters. The third kappa shape index (κ3) is 4.03. The molecule has 0 spiro atoms. The second kappa shape index (κ2) is 4.00. The number of hydrogen-bond acceptors (Lipinski definition) is 4. The fraction of sp³-hybridized carbons (Fsp3) is 0.667. The number of hydrogen-bond donors (Lipinski definition) is 0. The van der Waals surface area contributed by atoms with Crippen LogP contribution in [0.25, 0.3) is 0 Å². The summed E-state index contributed by atoms with van der Waals surface area (Å²) in [7, 11) is 0. The highest BCUT2D eigenvalue weighted by molar-refractivity contribution is 5.80. The molecule has 0 aromatic heterocycles. The fourth-order valence-corrected chi connectivity index (χ4v) is 0.310. The van der Waals surface area contributed by atoms with Gasteiger partial charge in [0, 0.05) is 0 Å². The van der Waals surface area contributed by atoms with E-state index in [1.165, 1.54) is 13.8 Å². The van der Waals surface area contributed by atoms with E-state index in [-0.39, 0.29) is 5.78 Å². The monoisotopic (exact) mass is 145 g/mol. The molecule has 0 saturated heterocycles. The van der Waals surface area contributed by atoms with Crippen LogP contribution in [0.5, 0.6) is 0 Å². The topological polar surface area (TPSA) is 66.4 Å². The molecule has 0 aromatic carbocycles. The van der Waals surface area contributed by atoms with Crippen molar-refractivity contribution in [1.29, 1.82) is 0 Å². The first-order chi connectivity index (χ1) is 4.54. The average molecular weight is 145 g/mol. The number of Topliss-reactive ketones (excluding diaryl/α,β-unsaturated/α-hetero) is 1. The maximum absolute atomic E-state index is 10.4. The van der Waals surface area contributed by atoms with E-state index in [1.807, 2.05) is 0 Å². The van der Waals surface area contributed by atoms with Gasteiger partial charge < -0.3 is 14.6 Å².